The Morgan fingerprint density at radius 3 is 2.64 bits per heavy atom. The Balaban J connectivity index is 2.19. The number of carbonyl (C=O) groups is 1. The van der Waals surface area contributed by atoms with Crippen molar-refractivity contribution in [1.82, 2.24) is 0 Å². The summed E-state index contributed by atoms with van der Waals surface area (Å²) >= 11 is 0. The summed E-state index contributed by atoms with van der Waals surface area (Å²) in [4.78, 5) is 11.1. The van der Waals surface area contributed by atoms with E-state index in [4.69, 9.17) is 4.74 Å². The van der Waals surface area contributed by atoms with Gasteiger partial charge in [-0.15, -0.1) is 0 Å². The molecule has 0 aromatic heterocycles. The minimum atomic E-state index is 0.184. The topological polar surface area (TPSA) is 26.3 Å². The monoisotopic (exact) mass is 192 g/mol. The molecule has 2 heteroatoms. The zero-order valence-electron chi connectivity index (χ0n) is 8.53. The summed E-state index contributed by atoms with van der Waals surface area (Å²) < 4.78 is 4.76. The van der Waals surface area contributed by atoms with Gasteiger partial charge in [0.15, 0.2) is 5.78 Å². The first-order valence-electron chi connectivity index (χ1n) is 4.87. The fraction of sp³-hybridized carbons (Fsp3) is 0.417. The molecule has 0 aliphatic rings. The first kappa shape index (κ1) is 10.9. The highest BCUT2D eigenvalue weighted by Gasteiger charge is 2.00. The molecule has 0 bridgehead atoms. The Bertz CT molecular complexity index is 267. The lowest BCUT2D eigenvalue weighted by Crippen LogP contribution is -2.06. The van der Waals surface area contributed by atoms with E-state index in [1.54, 1.807) is 7.11 Å². The van der Waals surface area contributed by atoms with E-state index in [-0.39, 0.29) is 12.4 Å². The molecule has 0 amide bonds. The van der Waals surface area contributed by atoms with E-state index in [2.05, 4.69) is 12.1 Å². The number of rotatable bonds is 6. The molecule has 0 aliphatic carbocycles. The van der Waals surface area contributed by atoms with Gasteiger partial charge in [0.05, 0.1) is 0 Å². The number of aryl methyl sites for hydroxylation is 1. The van der Waals surface area contributed by atoms with Crippen LogP contribution >= 0.6 is 0 Å². The van der Waals surface area contributed by atoms with Crippen molar-refractivity contribution in [2.45, 2.75) is 19.3 Å². The Kier molecular flexibility index (Phi) is 4.94. The average Bonchev–Trinajstić information content (AvgIpc) is 2.20. The van der Waals surface area contributed by atoms with E-state index in [9.17, 15) is 4.79 Å². The molecule has 1 aromatic carbocycles. The van der Waals surface area contributed by atoms with Crippen LogP contribution in [0.15, 0.2) is 30.3 Å². The Hall–Kier alpha value is -1.15. The molecule has 0 radical (unpaired) electrons. The Morgan fingerprint density at radius 1 is 1.29 bits per heavy atom. The quantitative estimate of drug-likeness (QED) is 0.690. The third-order valence-electron chi connectivity index (χ3n) is 2.07. The molecule has 0 aliphatic heterocycles. The van der Waals surface area contributed by atoms with Crippen molar-refractivity contribution >= 4 is 5.78 Å². The maximum absolute atomic E-state index is 11.1. The van der Waals surface area contributed by atoms with Gasteiger partial charge in [0, 0.05) is 13.5 Å². The highest BCUT2D eigenvalue weighted by molar-refractivity contribution is 5.79. The molecule has 0 fully saturated rings. The van der Waals surface area contributed by atoms with Crippen LogP contribution in [0.1, 0.15) is 18.4 Å². The van der Waals surface area contributed by atoms with Gasteiger partial charge in [-0.2, -0.15) is 0 Å². The second-order valence-corrected chi connectivity index (χ2v) is 3.31. The fourth-order valence-corrected chi connectivity index (χ4v) is 1.37. The number of carbonyl (C=O) groups excluding carboxylic acids is 1. The predicted molar refractivity (Wildman–Crippen MR) is 56.3 cm³/mol. The first-order chi connectivity index (χ1) is 6.83. The van der Waals surface area contributed by atoms with E-state index in [1.165, 1.54) is 5.56 Å². The van der Waals surface area contributed by atoms with Gasteiger partial charge < -0.3 is 4.74 Å². The molecule has 0 heterocycles. The molecule has 1 rings (SSSR count). The molecular formula is C12H16O2. The number of benzene rings is 1. The molecule has 0 saturated heterocycles. The summed E-state index contributed by atoms with van der Waals surface area (Å²) in [6.07, 6.45) is 2.49. The molecule has 0 saturated carbocycles. The molecule has 0 N–H and O–H groups in total. The van der Waals surface area contributed by atoms with Gasteiger partial charge in [-0.05, 0) is 18.4 Å². The second kappa shape index (κ2) is 6.33. The summed E-state index contributed by atoms with van der Waals surface area (Å²) in [5, 5.41) is 0. The first-order valence-corrected chi connectivity index (χ1v) is 4.87. The van der Waals surface area contributed by atoms with Gasteiger partial charge in [-0.25, -0.2) is 0 Å². The number of ketones is 1. The highest BCUT2D eigenvalue weighted by atomic mass is 16.5. The molecule has 1 aromatic rings. The van der Waals surface area contributed by atoms with Crippen molar-refractivity contribution in [3.8, 4) is 0 Å². The number of methoxy groups -OCH3 is 1. The summed E-state index contributed by atoms with van der Waals surface area (Å²) in [5.74, 6) is 0.184. The van der Waals surface area contributed by atoms with Crippen molar-refractivity contribution < 1.29 is 9.53 Å². The normalized spacial score (nSPS) is 10.1. The van der Waals surface area contributed by atoms with Crippen molar-refractivity contribution in [3.63, 3.8) is 0 Å². The van der Waals surface area contributed by atoms with Crippen LogP contribution in [-0.4, -0.2) is 19.5 Å². The zero-order chi connectivity index (χ0) is 10.2. The Labute approximate surface area is 84.9 Å². The fourth-order valence-electron chi connectivity index (χ4n) is 1.37. The molecule has 0 atom stereocenters. The van der Waals surface area contributed by atoms with Crippen molar-refractivity contribution in [2.75, 3.05) is 13.7 Å². The Morgan fingerprint density at radius 2 is 2.00 bits per heavy atom. The molecule has 0 unspecified atom stereocenters. The van der Waals surface area contributed by atoms with Crippen LogP contribution in [0.3, 0.4) is 0 Å². The van der Waals surface area contributed by atoms with Gasteiger partial charge in [-0.1, -0.05) is 30.3 Å². The van der Waals surface area contributed by atoms with E-state index >= 15 is 0 Å². The largest absolute Gasteiger partial charge is 0.377 e. The van der Waals surface area contributed by atoms with Crippen LogP contribution in [0, 0.1) is 0 Å². The summed E-state index contributed by atoms with van der Waals surface area (Å²) in [5.41, 5.74) is 1.29. The highest BCUT2D eigenvalue weighted by Crippen LogP contribution is 2.04. The van der Waals surface area contributed by atoms with Crippen LogP contribution < -0.4 is 0 Å². The number of hydrogen-bond acceptors (Lipinski definition) is 2. The zero-order valence-corrected chi connectivity index (χ0v) is 8.53. The smallest absolute Gasteiger partial charge is 0.158 e. The number of Topliss-reactive ketones (excluding diaryl/α,β-unsaturated/α-hetero) is 1. The predicted octanol–water partition coefficient (Wildman–Crippen LogP) is 2.22. The van der Waals surface area contributed by atoms with Crippen LogP contribution in [0.25, 0.3) is 0 Å². The van der Waals surface area contributed by atoms with E-state index in [1.807, 2.05) is 18.2 Å². The van der Waals surface area contributed by atoms with E-state index < -0.39 is 0 Å². The van der Waals surface area contributed by atoms with Crippen LogP contribution in [0.5, 0.6) is 0 Å². The summed E-state index contributed by atoms with van der Waals surface area (Å²) in [7, 11) is 1.55. The van der Waals surface area contributed by atoms with Gasteiger partial charge in [0.1, 0.15) is 6.61 Å². The van der Waals surface area contributed by atoms with Crippen molar-refractivity contribution in [3.05, 3.63) is 35.9 Å². The SMILES string of the molecule is COCC(=O)CCCc1ccccc1. The van der Waals surface area contributed by atoms with Gasteiger partial charge >= 0.3 is 0 Å². The van der Waals surface area contributed by atoms with Crippen LogP contribution in [0.4, 0.5) is 0 Å². The van der Waals surface area contributed by atoms with E-state index in [0.29, 0.717) is 6.42 Å². The maximum atomic E-state index is 11.1. The lowest BCUT2D eigenvalue weighted by molar-refractivity contribution is -0.122. The van der Waals surface area contributed by atoms with Gasteiger partial charge in [0.2, 0.25) is 0 Å². The van der Waals surface area contributed by atoms with Crippen molar-refractivity contribution in [2.24, 2.45) is 0 Å². The molecular weight excluding hydrogens is 176 g/mol. The molecule has 2 nitrogen and oxygen atoms in total. The number of hydrogen-bond donors (Lipinski definition) is 0. The average molecular weight is 192 g/mol. The maximum Gasteiger partial charge on any atom is 0.158 e. The minimum absolute atomic E-state index is 0.184. The summed E-state index contributed by atoms with van der Waals surface area (Å²) in [6.45, 7) is 0.245. The van der Waals surface area contributed by atoms with E-state index in [0.717, 1.165) is 12.8 Å². The lowest BCUT2D eigenvalue weighted by atomic mass is 10.1. The standard InChI is InChI=1S/C12H16O2/c1-14-10-12(13)9-5-8-11-6-3-2-4-7-11/h2-4,6-7H,5,8-10H2,1H3. The van der Waals surface area contributed by atoms with Gasteiger partial charge in [0.25, 0.3) is 0 Å². The van der Waals surface area contributed by atoms with Crippen molar-refractivity contribution in [1.29, 1.82) is 0 Å². The molecule has 0 spiro atoms. The number of ether oxygens (including phenoxy) is 1. The van der Waals surface area contributed by atoms with Crippen LogP contribution in [0.2, 0.25) is 0 Å². The minimum Gasteiger partial charge on any atom is -0.377 e. The lowest BCUT2D eigenvalue weighted by Gasteiger charge is -2.00. The summed E-state index contributed by atoms with van der Waals surface area (Å²) in [6, 6.07) is 10.2. The second-order valence-electron chi connectivity index (χ2n) is 3.31. The molecule has 14 heavy (non-hydrogen) atoms. The van der Waals surface area contributed by atoms with Gasteiger partial charge in [-0.3, -0.25) is 4.79 Å². The third-order valence-corrected chi connectivity index (χ3v) is 2.07. The van der Waals surface area contributed by atoms with Crippen LogP contribution in [-0.2, 0) is 16.0 Å². The molecule has 76 valence electrons. The third kappa shape index (κ3) is 4.19.